The number of hydrogen-bond acceptors (Lipinski definition) is 3. The van der Waals surface area contributed by atoms with Gasteiger partial charge < -0.3 is 14.7 Å². The average Bonchev–Trinajstić information content (AvgIpc) is 2.57. The van der Waals surface area contributed by atoms with E-state index in [1.54, 1.807) is 13.8 Å². The molecule has 2 rings (SSSR count). The van der Waals surface area contributed by atoms with E-state index in [4.69, 9.17) is 4.74 Å². The van der Waals surface area contributed by atoms with Gasteiger partial charge in [0.25, 0.3) is 0 Å². The molecule has 3 heteroatoms. The van der Waals surface area contributed by atoms with Crippen molar-refractivity contribution in [2.24, 2.45) is 0 Å². The van der Waals surface area contributed by atoms with Gasteiger partial charge in [0.1, 0.15) is 12.4 Å². The van der Waals surface area contributed by atoms with Crippen LogP contribution < -0.4 is 9.64 Å². The third kappa shape index (κ3) is 2.30. The number of aliphatic hydroxyl groups is 1. The van der Waals surface area contributed by atoms with Crippen LogP contribution in [0.5, 0.6) is 5.75 Å². The molecule has 0 aromatic heterocycles. The molecule has 88 valence electrons. The van der Waals surface area contributed by atoms with Crippen molar-refractivity contribution in [2.45, 2.75) is 25.9 Å². The third-order valence-electron chi connectivity index (χ3n) is 2.80. The minimum atomic E-state index is -0.784. The fourth-order valence-electron chi connectivity index (χ4n) is 1.95. The molecule has 1 aliphatic rings. The van der Waals surface area contributed by atoms with Crippen molar-refractivity contribution in [1.29, 1.82) is 0 Å². The van der Waals surface area contributed by atoms with E-state index in [2.05, 4.69) is 18.0 Å². The number of rotatable bonds is 3. The van der Waals surface area contributed by atoms with Crippen LogP contribution in [0.2, 0.25) is 0 Å². The molecule has 0 atom stereocenters. The molecule has 0 aliphatic carbocycles. The van der Waals surface area contributed by atoms with Crippen LogP contribution in [-0.2, 0) is 6.42 Å². The summed E-state index contributed by atoms with van der Waals surface area (Å²) < 4.78 is 5.68. The molecule has 1 aromatic carbocycles. The summed E-state index contributed by atoms with van der Waals surface area (Å²) in [6.45, 7) is 4.87. The molecule has 1 N–H and O–H groups in total. The monoisotopic (exact) mass is 221 g/mol. The fraction of sp³-hybridized carbons (Fsp3) is 0.538. The molecule has 0 saturated carbocycles. The average molecular weight is 221 g/mol. The molecule has 1 heterocycles. The Bertz CT molecular complexity index is 382. The highest BCUT2D eigenvalue weighted by molar-refractivity contribution is 5.62. The summed E-state index contributed by atoms with van der Waals surface area (Å²) in [5, 5.41) is 9.64. The van der Waals surface area contributed by atoms with Crippen LogP contribution in [0.1, 0.15) is 19.4 Å². The third-order valence-corrected chi connectivity index (χ3v) is 2.80. The standard InChI is InChI=1S/C13H19NO2/c1-13(2,15)9-16-12-6-4-5-11-10(12)7-8-14(11)3/h4-6,15H,7-9H2,1-3H3. The molecule has 1 aliphatic heterocycles. The van der Waals surface area contributed by atoms with Gasteiger partial charge in [0, 0.05) is 24.8 Å². The summed E-state index contributed by atoms with van der Waals surface area (Å²) in [6, 6.07) is 6.09. The van der Waals surface area contributed by atoms with Gasteiger partial charge in [0.15, 0.2) is 0 Å². The van der Waals surface area contributed by atoms with E-state index in [1.807, 2.05) is 12.1 Å². The minimum absolute atomic E-state index is 0.327. The van der Waals surface area contributed by atoms with E-state index >= 15 is 0 Å². The number of fused-ring (bicyclic) bond motifs is 1. The van der Waals surface area contributed by atoms with Gasteiger partial charge in [-0.1, -0.05) is 6.07 Å². The molecule has 0 spiro atoms. The lowest BCUT2D eigenvalue weighted by atomic mass is 10.1. The Morgan fingerprint density at radius 3 is 2.88 bits per heavy atom. The van der Waals surface area contributed by atoms with Crippen molar-refractivity contribution in [3.05, 3.63) is 23.8 Å². The smallest absolute Gasteiger partial charge is 0.124 e. The molecule has 3 nitrogen and oxygen atoms in total. The van der Waals surface area contributed by atoms with E-state index in [0.717, 1.165) is 18.7 Å². The highest BCUT2D eigenvalue weighted by Gasteiger charge is 2.21. The number of likely N-dealkylation sites (N-methyl/N-ethyl adjacent to an activating group) is 1. The van der Waals surface area contributed by atoms with Gasteiger partial charge in [-0.25, -0.2) is 0 Å². The highest BCUT2D eigenvalue weighted by atomic mass is 16.5. The van der Waals surface area contributed by atoms with E-state index in [-0.39, 0.29) is 0 Å². The van der Waals surface area contributed by atoms with Crippen LogP contribution >= 0.6 is 0 Å². The summed E-state index contributed by atoms with van der Waals surface area (Å²) in [5.74, 6) is 0.906. The Balaban J connectivity index is 2.17. The topological polar surface area (TPSA) is 32.7 Å². The second-order valence-electron chi connectivity index (χ2n) is 5.03. The molecular formula is C13H19NO2. The van der Waals surface area contributed by atoms with Gasteiger partial charge in [0.05, 0.1) is 5.60 Å². The van der Waals surface area contributed by atoms with Gasteiger partial charge in [-0.3, -0.25) is 0 Å². The van der Waals surface area contributed by atoms with Crippen LogP contribution in [0.4, 0.5) is 5.69 Å². The first kappa shape index (κ1) is 11.3. The lowest BCUT2D eigenvalue weighted by Gasteiger charge is -2.19. The second kappa shape index (κ2) is 3.98. The Kier molecular flexibility index (Phi) is 2.80. The fourth-order valence-corrected chi connectivity index (χ4v) is 1.95. The van der Waals surface area contributed by atoms with E-state index in [1.165, 1.54) is 11.3 Å². The second-order valence-corrected chi connectivity index (χ2v) is 5.03. The first-order valence-electron chi connectivity index (χ1n) is 5.65. The Hall–Kier alpha value is -1.22. The van der Waals surface area contributed by atoms with Gasteiger partial charge in [-0.05, 0) is 32.4 Å². The molecule has 0 unspecified atom stereocenters. The van der Waals surface area contributed by atoms with E-state index < -0.39 is 5.60 Å². The van der Waals surface area contributed by atoms with E-state index in [9.17, 15) is 5.11 Å². The summed E-state index contributed by atoms with van der Waals surface area (Å²) in [4.78, 5) is 2.23. The summed E-state index contributed by atoms with van der Waals surface area (Å²) in [5.41, 5.74) is 1.72. The van der Waals surface area contributed by atoms with Crippen molar-refractivity contribution in [1.82, 2.24) is 0 Å². The maximum atomic E-state index is 9.64. The maximum Gasteiger partial charge on any atom is 0.124 e. The maximum absolute atomic E-state index is 9.64. The Morgan fingerprint density at radius 1 is 1.44 bits per heavy atom. The van der Waals surface area contributed by atoms with Crippen LogP contribution in [0.15, 0.2) is 18.2 Å². The Labute approximate surface area is 96.6 Å². The van der Waals surface area contributed by atoms with Crippen molar-refractivity contribution in [2.75, 3.05) is 25.1 Å². The zero-order valence-corrected chi connectivity index (χ0v) is 10.2. The number of ether oxygens (including phenoxy) is 1. The van der Waals surface area contributed by atoms with Crippen LogP contribution in [0, 0.1) is 0 Å². The van der Waals surface area contributed by atoms with E-state index in [0.29, 0.717) is 6.61 Å². The molecule has 1 aromatic rings. The molecule has 0 fully saturated rings. The first-order chi connectivity index (χ1) is 7.47. The SMILES string of the molecule is CN1CCc2c(OCC(C)(C)O)cccc21. The number of anilines is 1. The molecule has 0 saturated heterocycles. The molecule has 0 bridgehead atoms. The van der Waals surface area contributed by atoms with Gasteiger partial charge >= 0.3 is 0 Å². The molecule has 0 amide bonds. The molecule has 16 heavy (non-hydrogen) atoms. The number of benzene rings is 1. The van der Waals surface area contributed by atoms with Crippen LogP contribution in [0.3, 0.4) is 0 Å². The highest BCUT2D eigenvalue weighted by Crippen LogP contribution is 2.34. The summed E-state index contributed by atoms with van der Waals surface area (Å²) >= 11 is 0. The molecular weight excluding hydrogens is 202 g/mol. The van der Waals surface area contributed by atoms with Crippen molar-refractivity contribution in [3.8, 4) is 5.75 Å². The van der Waals surface area contributed by atoms with Crippen LogP contribution in [-0.4, -0.2) is 30.9 Å². The quantitative estimate of drug-likeness (QED) is 0.845. The van der Waals surface area contributed by atoms with Crippen molar-refractivity contribution >= 4 is 5.69 Å². The zero-order chi connectivity index (χ0) is 11.8. The predicted molar refractivity (Wildman–Crippen MR) is 65.2 cm³/mol. The summed E-state index contributed by atoms with van der Waals surface area (Å²) in [6.07, 6.45) is 1.02. The normalized spacial score (nSPS) is 15.1. The minimum Gasteiger partial charge on any atom is -0.490 e. The lowest BCUT2D eigenvalue weighted by Crippen LogP contribution is -2.28. The zero-order valence-electron chi connectivity index (χ0n) is 10.2. The van der Waals surface area contributed by atoms with Crippen LogP contribution in [0.25, 0.3) is 0 Å². The summed E-state index contributed by atoms with van der Waals surface area (Å²) in [7, 11) is 2.09. The number of nitrogens with zero attached hydrogens (tertiary/aromatic N) is 1. The predicted octanol–water partition coefficient (Wildman–Crippen LogP) is 1.83. The lowest BCUT2D eigenvalue weighted by molar-refractivity contribution is 0.0282. The molecule has 0 radical (unpaired) electrons. The van der Waals surface area contributed by atoms with Gasteiger partial charge in [-0.2, -0.15) is 0 Å². The first-order valence-corrected chi connectivity index (χ1v) is 5.65. The largest absolute Gasteiger partial charge is 0.490 e. The number of hydrogen-bond donors (Lipinski definition) is 1. The van der Waals surface area contributed by atoms with Crippen molar-refractivity contribution < 1.29 is 9.84 Å². The van der Waals surface area contributed by atoms with Gasteiger partial charge in [-0.15, -0.1) is 0 Å². The van der Waals surface area contributed by atoms with Gasteiger partial charge in [0.2, 0.25) is 0 Å². The van der Waals surface area contributed by atoms with Crippen molar-refractivity contribution in [3.63, 3.8) is 0 Å². The Morgan fingerprint density at radius 2 is 2.19 bits per heavy atom.